The number of sulfonamides is 1. The Balaban J connectivity index is 1.43. The van der Waals surface area contributed by atoms with Crippen molar-refractivity contribution in [1.82, 2.24) is 9.62 Å². The van der Waals surface area contributed by atoms with E-state index in [1.165, 1.54) is 18.2 Å². The predicted octanol–water partition coefficient (Wildman–Crippen LogP) is 3.64. The number of para-hydroxylation sites is 1. The summed E-state index contributed by atoms with van der Waals surface area (Å²) in [6.07, 6.45) is 2.42. The molecule has 1 saturated carbocycles. The maximum absolute atomic E-state index is 13.8. The lowest BCUT2D eigenvalue weighted by molar-refractivity contribution is -0.131. The summed E-state index contributed by atoms with van der Waals surface area (Å²) in [4.78, 5) is 39.0. The number of nitrogens with one attached hydrogen (secondary N) is 2. The molecule has 1 heterocycles. The molecule has 2 N–H and O–H groups in total. The Hall–Kier alpha value is -4.18. The minimum atomic E-state index is -4.45. The Labute approximate surface area is 233 Å². The van der Waals surface area contributed by atoms with Crippen LogP contribution in [0.2, 0.25) is 0 Å². The van der Waals surface area contributed by atoms with Crippen molar-refractivity contribution < 1.29 is 27.5 Å². The van der Waals surface area contributed by atoms with Crippen LogP contribution in [-0.2, 0) is 26.0 Å². The number of carbonyl (C=O) groups excluding carboxylic acids is 3. The van der Waals surface area contributed by atoms with E-state index in [4.69, 9.17) is 4.74 Å². The van der Waals surface area contributed by atoms with Crippen LogP contribution in [0.4, 0.5) is 5.69 Å². The van der Waals surface area contributed by atoms with Gasteiger partial charge in [0.1, 0.15) is 12.3 Å². The summed E-state index contributed by atoms with van der Waals surface area (Å²) >= 11 is 0. The summed E-state index contributed by atoms with van der Waals surface area (Å²) in [5, 5.41) is 5.44. The lowest BCUT2D eigenvalue weighted by Crippen LogP contribution is -2.42. The fourth-order valence-corrected chi connectivity index (χ4v) is 6.34. The fourth-order valence-electron chi connectivity index (χ4n) is 4.90. The van der Waals surface area contributed by atoms with E-state index >= 15 is 0 Å². The first-order valence-corrected chi connectivity index (χ1v) is 14.6. The van der Waals surface area contributed by atoms with Gasteiger partial charge in [0.2, 0.25) is 11.8 Å². The van der Waals surface area contributed by atoms with E-state index in [9.17, 15) is 22.8 Å². The molecule has 1 aliphatic carbocycles. The zero-order chi connectivity index (χ0) is 28.4. The highest BCUT2D eigenvalue weighted by Crippen LogP contribution is 2.41. The van der Waals surface area contributed by atoms with Crippen molar-refractivity contribution in [3.8, 4) is 5.75 Å². The van der Waals surface area contributed by atoms with Gasteiger partial charge in [-0.25, -0.2) is 12.7 Å². The fraction of sp³-hybridized carbons (Fsp3) is 0.300. The molecule has 1 atom stereocenters. The highest BCUT2D eigenvalue weighted by molar-refractivity contribution is 7.89. The molecule has 9 nitrogen and oxygen atoms in total. The maximum atomic E-state index is 13.8. The minimum Gasteiger partial charge on any atom is -0.496 e. The number of anilines is 1. The van der Waals surface area contributed by atoms with Crippen LogP contribution in [-0.4, -0.2) is 50.6 Å². The molecule has 2 aliphatic rings. The van der Waals surface area contributed by atoms with Crippen LogP contribution < -0.4 is 15.4 Å². The van der Waals surface area contributed by atoms with Crippen molar-refractivity contribution in [2.45, 2.75) is 37.0 Å². The lowest BCUT2D eigenvalue weighted by Gasteiger charge is -2.24. The second-order valence-corrected chi connectivity index (χ2v) is 12.1. The van der Waals surface area contributed by atoms with Crippen LogP contribution in [0.25, 0.3) is 0 Å². The molecule has 3 aromatic carbocycles. The van der Waals surface area contributed by atoms with Crippen molar-refractivity contribution in [2.75, 3.05) is 25.5 Å². The normalized spacial score (nSPS) is 17.6. The quantitative estimate of drug-likeness (QED) is 0.433. The monoisotopic (exact) mass is 561 g/mol. The maximum Gasteiger partial charge on any atom is 0.266 e. The van der Waals surface area contributed by atoms with Crippen molar-refractivity contribution >= 4 is 33.4 Å². The van der Waals surface area contributed by atoms with Gasteiger partial charge in [-0.3, -0.25) is 14.4 Å². The third-order valence-corrected chi connectivity index (χ3v) is 9.06. The van der Waals surface area contributed by atoms with E-state index in [1.54, 1.807) is 38.3 Å². The van der Waals surface area contributed by atoms with Gasteiger partial charge in [-0.15, -0.1) is 0 Å². The van der Waals surface area contributed by atoms with Gasteiger partial charge in [0, 0.05) is 17.8 Å². The number of rotatable bonds is 8. The first-order chi connectivity index (χ1) is 19.2. The molecule has 0 radical (unpaired) electrons. The Bertz CT molecular complexity index is 1570. The Morgan fingerprint density at radius 2 is 1.80 bits per heavy atom. The number of benzene rings is 3. The zero-order valence-electron chi connectivity index (χ0n) is 22.3. The van der Waals surface area contributed by atoms with Gasteiger partial charge >= 0.3 is 0 Å². The number of aryl methyl sites for hydroxylation is 1. The molecule has 3 amide bonds. The van der Waals surface area contributed by atoms with Crippen LogP contribution in [0.1, 0.15) is 45.8 Å². The number of hydrogen-bond acceptors (Lipinski definition) is 6. The van der Waals surface area contributed by atoms with Gasteiger partial charge in [0.25, 0.3) is 15.9 Å². The Kier molecular flexibility index (Phi) is 7.62. The first-order valence-electron chi connectivity index (χ1n) is 13.1. The molecule has 208 valence electrons. The molecule has 1 aliphatic heterocycles. The molecule has 3 aromatic rings. The van der Waals surface area contributed by atoms with Crippen LogP contribution >= 0.6 is 0 Å². The average molecular weight is 562 g/mol. The SMILES string of the molecule is COc1ccc(C2CC2)cc1CC1CNC(=O)CN(S(=O)(=O)c2ccc(C)c(C(=O)Nc3ccccc3)c2)C1=O. The summed E-state index contributed by atoms with van der Waals surface area (Å²) in [6.45, 7) is 1.05. The van der Waals surface area contributed by atoms with E-state index in [0.717, 1.165) is 24.0 Å². The van der Waals surface area contributed by atoms with Crippen LogP contribution in [0, 0.1) is 12.8 Å². The predicted molar refractivity (Wildman–Crippen MR) is 150 cm³/mol. The van der Waals surface area contributed by atoms with Crippen LogP contribution in [0.5, 0.6) is 5.75 Å². The third-order valence-electron chi connectivity index (χ3n) is 7.32. The molecular formula is C30H31N3O6S. The summed E-state index contributed by atoms with van der Waals surface area (Å²) in [5.74, 6) is -1.48. The molecule has 1 saturated heterocycles. The molecule has 1 unspecified atom stereocenters. The van der Waals surface area contributed by atoms with Gasteiger partial charge in [-0.2, -0.15) is 0 Å². The summed E-state index contributed by atoms with van der Waals surface area (Å²) in [6, 6.07) is 18.8. The molecule has 40 heavy (non-hydrogen) atoms. The van der Waals surface area contributed by atoms with Crippen molar-refractivity contribution in [3.05, 3.63) is 89.0 Å². The standard InChI is InChI=1S/C30H31N3O6S/c1-19-8-12-25(16-26(19)29(35)32-24-6-4-3-5-7-24)40(37,38)33-18-28(34)31-17-23(30(33)36)15-22-14-21(20-9-10-20)11-13-27(22)39-2/h3-8,11-14,16,20,23H,9-10,15,17-18H2,1-2H3,(H,31,34)(H,32,35). The zero-order valence-corrected chi connectivity index (χ0v) is 23.2. The number of carbonyl (C=O) groups is 3. The minimum absolute atomic E-state index is 0.000867. The van der Waals surface area contributed by atoms with Crippen molar-refractivity contribution in [2.24, 2.45) is 5.92 Å². The summed E-state index contributed by atoms with van der Waals surface area (Å²) < 4.78 is 33.7. The van der Waals surface area contributed by atoms with E-state index in [0.29, 0.717) is 27.2 Å². The van der Waals surface area contributed by atoms with Gasteiger partial charge < -0.3 is 15.4 Å². The second kappa shape index (κ2) is 11.1. The molecule has 0 spiro atoms. The van der Waals surface area contributed by atoms with Gasteiger partial charge in [0.15, 0.2) is 0 Å². The van der Waals surface area contributed by atoms with Gasteiger partial charge in [-0.1, -0.05) is 36.4 Å². The van der Waals surface area contributed by atoms with Gasteiger partial charge in [0.05, 0.1) is 17.9 Å². The van der Waals surface area contributed by atoms with Crippen molar-refractivity contribution in [3.63, 3.8) is 0 Å². The number of hydrogen-bond donors (Lipinski definition) is 2. The topological polar surface area (TPSA) is 122 Å². The van der Waals surface area contributed by atoms with E-state index in [-0.39, 0.29) is 23.4 Å². The van der Waals surface area contributed by atoms with E-state index in [2.05, 4.69) is 10.6 Å². The average Bonchev–Trinajstić information content (AvgIpc) is 3.80. The molecule has 2 fully saturated rings. The molecule has 0 aromatic heterocycles. The number of methoxy groups -OCH3 is 1. The number of ether oxygens (including phenoxy) is 1. The van der Waals surface area contributed by atoms with Gasteiger partial charge in [-0.05, 0) is 79.1 Å². The highest BCUT2D eigenvalue weighted by atomic mass is 32.2. The second-order valence-electron chi connectivity index (χ2n) is 10.2. The van der Waals surface area contributed by atoms with Crippen LogP contribution in [0.15, 0.2) is 71.6 Å². The first kappa shape index (κ1) is 27.4. The Morgan fingerprint density at radius 3 is 2.50 bits per heavy atom. The number of amides is 3. The summed E-state index contributed by atoms with van der Waals surface area (Å²) in [7, 11) is -2.91. The largest absolute Gasteiger partial charge is 0.496 e. The summed E-state index contributed by atoms with van der Waals surface area (Å²) in [5.41, 5.74) is 3.21. The van der Waals surface area contributed by atoms with Crippen molar-refractivity contribution in [1.29, 1.82) is 0 Å². The van der Waals surface area contributed by atoms with E-state index < -0.39 is 40.2 Å². The molecule has 0 bridgehead atoms. The highest BCUT2D eigenvalue weighted by Gasteiger charge is 2.39. The smallest absolute Gasteiger partial charge is 0.266 e. The molecular weight excluding hydrogens is 530 g/mol. The molecule has 10 heteroatoms. The lowest BCUT2D eigenvalue weighted by atomic mass is 9.95. The Morgan fingerprint density at radius 1 is 1.05 bits per heavy atom. The molecule has 5 rings (SSSR count). The third kappa shape index (κ3) is 5.72. The number of nitrogens with zero attached hydrogens (tertiary/aromatic N) is 1. The van der Waals surface area contributed by atoms with E-state index in [1.807, 2.05) is 24.3 Å². The van der Waals surface area contributed by atoms with Crippen LogP contribution in [0.3, 0.4) is 0 Å².